The van der Waals surface area contributed by atoms with Crippen molar-refractivity contribution in [3.63, 3.8) is 0 Å². The third kappa shape index (κ3) is 4.20. The third-order valence-corrected chi connectivity index (χ3v) is 2.82. The fraction of sp³-hybridized carbons (Fsp3) is 0.500. The van der Waals surface area contributed by atoms with Gasteiger partial charge < -0.3 is 10.4 Å². The molecule has 1 aromatic heterocycles. The Bertz CT molecular complexity index is 432. The number of carbonyl (C=O) groups is 1. The summed E-state index contributed by atoms with van der Waals surface area (Å²) in [5.41, 5.74) is -0.995. The van der Waals surface area contributed by atoms with Gasteiger partial charge in [-0.05, 0) is 25.0 Å². The number of aromatic nitrogens is 1. The predicted molar refractivity (Wildman–Crippen MR) is 62.4 cm³/mol. The summed E-state index contributed by atoms with van der Waals surface area (Å²) in [5.74, 6) is -0.666. The highest BCUT2D eigenvalue weighted by Gasteiger charge is 2.32. The van der Waals surface area contributed by atoms with E-state index in [-0.39, 0.29) is 24.1 Å². The van der Waals surface area contributed by atoms with Crippen LogP contribution in [-0.2, 0) is 6.18 Å². The maximum Gasteiger partial charge on any atom is 0.433 e. The van der Waals surface area contributed by atoms with E-state index in [0.29, 0.717) is 0 Å². The molecule has 0 spiro atoms. The second kappa shape index (κ2) is 6.01. The molecule has 106 valence electrons. The van der Waals surface area contributed by atoms with Crippen molar-refractivity contribution in [1.29, 1.82) is 0 Å². The Hall–Kier alpha value is -1.63. The number of pyridine rings is 1. The van der Waals surface area contributed by atoms with E-state index in [1.165, 1.54) is 0 Å². The minimum absolute atomic E-state index is 0.0463. The number of halogens is 3. The van der Waals surface area contributed by atoms with Gasteiger partial charge in [-0.15, -0.1) is 0 Å². The topological polar surface area (TPSA) is 62.2 Å². The molecule has 2 atom stereocenters. The number of carbonyl (C=O) groups excluding carboxylic acids is 1. The van der Waals surface area contributed by atoms with Crippen molar-refractivity contribution in [3.8, 4) is 0 Å². The van der Waals surface area contributed by atoms with Crippen molar-refractivity contribution < 1.29 is 23.1 Å². The van der Waals surface area contributed by atoms with Crippen LogP contribution < -0.4 is 5.32 Å². The summed E-state index contributed by atoms with van der Waals surface area (Å²) in [7, 11) is 0. The van der Waals surface area contributed by atoms with Gasteiger partial charge in [0.1, 0.15) is 5.69 Å². The van der Waals surface area contributed by atoms with Crippen molar-refractivity contribution in [2.45, 2.75) is 26.1 Å². The van der Waals surface area contributed by atoms with Crippen LogP contribution in [0.15, 0.2) is 18.3 Å². The average molecular weight is 276 g/mol. The zero-order valence-electron chi connectivity index (χ0n) is 10.5. The lowest BCUT2D eigenvalue weighted by molar-refractivity contribution is -0.141. The summed E-state index contributed by atoms with van der Waals surface area (Å²) >= 11 is 0. The summed E-state index contributed by atoms with van der Waals surface area (Å²) in [4.78, 5) is 14.9. The van der Waals surface area contributed by atoms with Crippen molar-refractivity contribution in [2.75, 3.05) is 6.61 Å². The van der Waals surface area contributed by atoms with Crippen LogP contribution in [0.1, 0.15) is 29.9 Å². The van der Waals surface area contributed by atoms with E-state index >= 15 is 0 Å². The lowest BCUT2D eigenvalue weighted by Gasteiger charge is -2.19. The Labute approximate surface area is 108 Å². The van der Waals surface area contributed by atoms with E-state index in [9.17, 15) is 18.0 Å². The second-order valence-corrected chi connectivity index (χ2v) is 4.35. The summed E-state index contributed by atoms with van der Waals surface area (Å²) in [5, 5.41) is 11.5. The highest BCUT2D eigenvalue weighted by molar-refractivity contribution is 5.94. The molecule has 0 aliphatic heterocycles. The van der Waals surface area contributed by atoms with Gasteiger partial charge in [-0.1, -0.05) is 6.92 Å². The number of rotatable bonds is 4. The standard InChI is InChI=1S/C12H15F3N2O2/c1-7(6-18)8(2)17-11(19)9-3-4-10(16-5-9)12(13,14)15/h3-5,7-8,18H,6H2,1-2H3,(H,17,19). The molecule has 0 radical (unpaired) electrons. The molecule has 0 fully saturated rings. The molecule has 1 rings (SSSR count). The number of aliphatic hydroxyl groups excluding tert-OH is 1. The van der Waals surface area contributed by atoms with Crippen LogP contribution in [0.3, 0.4) is 0 Å². The maximum atomic E-state index is 12.3. The summed E-state index contributed by atoms with van der Waals surface area (Å²) < 4.78 is 36.9. The van der Waals surface area contributed by atoms with Crippen LogP contribution in [-0.4, -0.2) is 28.6 Å². The lowest BCUT2D eigenvalue weighted by Crippen LogP contribution is -2.38. The van der Waals surface area contributed by atoms with Crippen LogP contribution in [0, 0.1) is 5.92 Å². The quantitative estimate of drug-likeness (QED) is 0.882. The predicted octanol–water partition coefficient (Wildman–Crippen LogP) is 1.85. The van der Waals surface area contributed by atoms with Gasteiger partial charge in [-0.3, -0.25) is 9.78 Å². The van der Waals surface area contributed by atoms with Crippen molar-refractivity contribution in [2.24, 2.45) is 5.92 Å². The summed E-state index contributed by atoms with van der Waals surface area (Å²) in [6.45, 7) is 3.36. The first kappa shape index (κ1) is 15.4. The van der Waals surface area contributed by atoms with Crippen LogP contribution in [0.2, 0.25) is 0 Å². The van der Waals surface area contributed by atoms with Crippen LogP contribution in [0.4, 0.5) is 13.2 Å². The Morgan fingerprint density at radius 2 is 2.05 bits per heavy atom. The van der Waals surface area contributed by atoms with E-state index < -0.39 is 17.8 Å². The number of hydrogen-bond donors (Lipinski definition) is 2. The highest BCUT2D eigenvalue weighted by atomic mass is 19.4. The number of nitrogens with zero attached hydrogens (tertiary/aromatic N) is 1. The molecular weight excluding hydrogens is 261 g/mol. The Morgan fingerprint density at radius 3 is 2.47 bits per heavy atom. The van der Waals surface area contributed by atoms with E-state index in [1.54, 1.807) is 13.8 Å². The minimum atomic E-state index is -4.52. The van der Waals surface area contributed by atoms with Gasteiger partial charge in [-0.2, -0.15) is 13.2 Å². The maximum absolute atomic E-state index is 12.3. The van der Waals surface area contributed by atoms with Gasteiger partial charge >= 0.3 is 6.18 Å². The van der Waals surface area contributed by atoms with Gasteiger partial charge in [0.2, 0.25) is 0 Å². The van der Waals surface area contributed by atoms with E-state index in [2.05, 4.69) is 10.3 Å². The first-order chi connectivity index (χ1) is 8.75. The monoisotopic (exact) mass is 276 g/mol. The van der Waals surface area contributed by atoms with Crippen molar-refractivity contribution in [3.05, 3.63) is 29.6 Å². The van der Waals surface area contributed by atoms with Crippen LogP contribution in [0.5, 0.6) is 0 Å². The summed E-state index contributed by atoms with van der Waals surface area (Å²) in [6.07, 6.45) is -3.64. The second-order valence-electron chi connectivity index (χ2n) is 4.35. The molecule has 0 saturated carbocycles. The molecular formula is C12H15F3N2O2. The van der Waals surface area contributed by atoms with Gasteiger partial charge in [-0.25, -0.2) is 0 Å². The van der Waals surface area contributed by atoms with Gasteiger partial charge in [0.05, 0.1) is 5.56 Å². The SMILES string of the molecule is CC(CO)C(C)NC(=O)c1ccc(C(F)(F)F)nc1. The molecule has 7 heteroatoms. The molecule has 2 N–H and O–H groups in total. The number of aliphatic hydroxyl groups is 1. The first-order valence-corrected chi connectivity index (χ1v) is 5.70. The molecule has 0 aliphatic carbocycles. The molecule has 4 nitrogen and oxygen atoms in total. The van der Waals surface area contributed by atoms with E-state index in [4.69, 9.17) is 5.11 Å². The molecule has 2 unspecified atom stereocenters. The van der Waals surface area contributed by atoms with Crippen molar-refractivity contribution >= 4 is 5.91 Å². The van der Waals surface area contributed by atoms with E-state index in [0.717, 1.165) is 18.3 Å². The highest BCUT2D eigenvalue weighted by Crippen LogP contribution is 2.27. The minimum Gasteiger partial charge on any atom is -0.396 e. The molecule has 19 heavy (non-hydrogen) atoms. The molecule has 1 aromatic rings. The molecule has 0 bridgehead atoms. The zero-order chi connectivity index (χ0) is 14.6. The van der Waals surface area contributed by atoms with Crippen LogP contribution >= 0.6 is 0 Å². The molecule has 1 amide bonds. The fourth-order valence-electron chi connectivity index (χ4n) is 1.29. The van der Waals surface area contributed by atoms with E-state index in [1.807, 2.05) is 0 Å². The Kier molecular flexibility index (Phi) is 4.88. The molecule has 0 aromatic carbocycles. The molecule has 1 heterocycles. The molecule has 0 aliphatic rings. The Morgan fingerprint density at radius 1 is 1.42 bits per heavy atom. The normalized spacial score (nSPS) is 14.8. The lowest BCUT2D eigenvalue weighted by atomic mass is 10.0. The van der Waals surface area contributed by atoms with Gasteiger partial charge in [0.15, 0.2) is 0 Å². The number of alkyl halides is 3. The Balaban J connectivity index is 2.74. The zero-order valence-corrected chi connectivity index (χ0v) is 10.5. The summed E-state index contributed by atoms with van der Waals surface area (Å²) in [6, 6.07) is 1.54. The van der Waals surface area contributed by atoms with Gasteiger partial charge in [0, 0.05) is 18.8 Å². The largest absolute Gasteiger partial charge is 0.433 e. The third-order valence-electron chi connectivity index (χ3n) is 2.82. The number of amides is 1. The molecule has 0 saturated heterocycles. The number of hydrogen-bond acceptors (Lipinski definition) is 3. The number of nitrogens with one attached hydrogen (secondary N) is 1. The fourth-order valence-corrected chi connectivity index (χ4v) is 1.29. The smallest absolute Gasteiger partial charge is 0.396 e. The van der Waals surface area contributed by atoms with Crippen LogP contribution in [0.25, 0.3) is 0 Å². The first-order valence-electron chi connectivity index (χ1n) is 5.70. The van der Waals surface area contributed by atoms with Crippen molar-refractivity contribution in [1.82, 2.24) is 10.3 Å². The van der Waals surface area contributed by atoms with Gasteiger partial charge in [0.25, 0.3) is 5.91 Å². The average Bonchev–Trinajstić information content (AvgIpc) is 2.36.